The van der Waals surface area contributed by atoms with E-state index in [1.807, 2.05) is 0 Å². The minimum absolute atomic E-state index is 0.138. The Morgan fingerprint density at radius 1 is 1.22 bits per heavy atom. The summed E-state index contributed by atoms with van der Waals surface area (Å²) >= 11 is 1.36. The summed E-state index contributed by atoms with van der Waals surface area (Å²) in [7, 11) is 1.52. The van der Waals surface area contributed by atoms with Crippen molar-refractivity contribution in [1.29, 1.82) is 0 Å². The van der Waals surface area contributed by atoms with E-state index in [9.17, 15) is 8.78 Å². The SMILES string of the molecule is COc1ccsc1C(N)c1ccc(C)c(F)c1F. The number of hydrogen-bond acceptors (Lipinski definition) is 3. The van der Waals surface area contributed by atoms with E-state index in [1.54, 1.807) is 11.4 Å². The molecule has 1 heterocycles. The summed E-state index contributed by atoms with van der Waals surface area (Å²) in [5.41, 5.74) is 6.38. The lowest BCUT2D eigenvalue weighted by atomic mass is 10.0. The zero-order chi connectivity index (χ0) is 13.3. The van der Waals surface area contributed by atoms with Gasteiger partial charge >= 0.3 is 0 Å². The number of hydrogen-bond donors (Lipinski definition) is 1. The molecule has 2 nitrogen and oxygen atoms in total. The maximum absolute atomic E-state index is 13.8. The second-order valence-electron chi connectivity index (χ2n) is 3.93. The van der Waals surface area contributed by atoms with Crippen molar-refractivity contribution in [2.24, 2.45) is 5.73 Å². The molecule has 2 aromatic rings. The van der Waals surface area contributed by atoms with Crippen LogP contribution in [0.1, 0.15) is 22.0 Å². The van der Waals surface area contributed by atoms with E-state index in [-0.39, 0.29) is 11.1 Å². The highest BCUT2D eigenvalue weighted by molar-refractivity contribution is 7.10. The van der Waals surface area contributed by atoms with E-state index < -0.39 is 17.7 Å². The number of rotatable bonds is 3. The lowest BCUT2D eigenvalue weighted by Crippen LogP contribution is -2.14. The fraction of sp³-hybridized carbons (Fsp3) is 0.231. The molecule has 96 valence electrons. The first-order chi connectivity index (χ1) is 8.56. The van der Waals surface area contributed by atoms with Gasteiger partial charge in [0.25, 0.3) is 0 Å². The molecular formula is C13H13F2NOS. The molecule has 0 aliphatic heterocycles. The zero-order valence-corrected chi connectivity index (χ0v) is 10.9. The van der Waals surface area contributed by atoms with Gasteiger partial charge in [0.15, 0.2) is 11.6 Å². The number of nitrogens with two attached hydrogens (primary N) is 1. The molecule has 1 atom stereocenters. The average molecular weight is 269 g/mol. The topological polar surface area (TPSA) is 35.2 Å². The van der Waals surface area contributed by atoms with Crippen molar-refractivity contribution in [2.45, 2.75) is 13.0 Å². The number of ether oxygens (including phenoxy) is 1. The van der Waals surface area contributed by atoms with Gasteiger partial charge in [0.1, 0.15) is 5.75 Å². The van der Waals surface area contributed by atoms with Crippen LogP contribution in [0.15, 0.2) is 23.6 Å². The molecule has 1 aromatic heterocycles. The molecule has 18 heavy (non-hydrogen) atoms. The predicted molar refractivity (Wildman–Crippen MR) is 68.0 cm³/mol. The van der Waals surface area contributed by atoms with Gasteiger partial charge in [0, 0.05) is 5.56 Å². The summed E-state index contributed by atoms with van der Waals surface area (Å²) < 4.78 is 32.5. The van der Waals surface area contributed by atoms with Gasteiger partial charge < -0.3 is 10.5 Å². The van der Waals surface area contributed by atoms with Gasteiger partial charge in [0.05, 0.1) is 18.0 Å². The Hall–Kier alpha value is -1.46. The quantitative estimate of drug-likeness (QED) is 0.927. The smallest absolute Gasteiger partial charge is 0.164 e. The minimum Gasteiger partial charge on any atom is -0.496 e. The summed E-state index contributed by atoms with van der Waals surface area (Å²) in [6, 6.07) is 4.06. The van der Waals surface area contributed by atoms with Crippen LogP contribution in [-0.4, -0.2) is 7.11 Å². The van der Waals surface area contributed by atoms with E-state index in [0.29, 0.717) is 10.6 Å². The van der Waals surface area contributed by atoms with Gasteiger partial charge in [-0.15, -0.1) is 11.3 Å². The van der Waals surface area contributed by atoms with Crippen molar-refractivity contribution in [1.82, 2.24) is 0 Å². The molecular weight excluding hydrogens is 256 g/mol. The fourth-order valence-electron chi connectivity index (χ4n) is 1.75. The normalized spacial score (nSPS) is 12.5. The summed E-state index contributed by atoms with van der Waals surface area (Å²) in [6.45, 7) is 1.51. The van der Waals surface area contributed by atoms with Crippen molar-refractivity contribution < 1.29 is 13.5 Å². The van der Waals surface area contributed by atoms with Crippen LogP contribution in [-0.2, 0) is 0 Å². The van der Waals surface area contributed by atoms with E-state index >= 15 is 0 Å². The first kappa shape index (κ1) is 13.0. The van der Waals surface area contributed by atoms with Gasteiger partial charge in [-0.3, -0.25) is 0 Å². The Morgan fingerprint density at radius 3 is 2.61 bits per heavy atom. The molecule has 1 unspecified atom stereocenters. The van der Waals surface area contributed by atoms with Crippen LogP contribution in [0.2, 0.25) is 0 Å². The number of halogens is 2. The second kappa shape index (κ2) is 5.04. The summed E-state index contributed by atoms with van der Waals surface area (Å²) in [4.78, 5) is 0.680. The molecule has 0 saturated carbocycles. The molecule has 2 N–H and O–H groups in total. The van der Waals surface area contributed by atoms with Crippen LogP contribution in [0, 0.1) is 18.6 Å². The van der Waals surface area contributed by atoms with Crippen molar-refractivity contribution in [3.63, 3.8) is 0 Å². The van der Waals surface area contributed by atoms with Crippen molar-refractivity contribution in [3.05, 3.63) is 51.2 Å². The molecule has 0 spiro atoms. The van der Waals surface area contributed by atoms with Gasteiger partial charge in [-0.25, -0.2) is 8.78 Å². The van der Waals surface area contributed by atoms with Crippen LogP contribution in [0.5, 0.6) is 5.75 Å². The number of aryl methyl sites for hydroxylation is 1. The molecule has 0 saturated heterocycles. The van der Waals surface area contributed by atoms with Crippen LogP contribution >= 0.6 is 11.3 Å². The largest absolute Gasteiger partial charge is 0.496 e. The van der Waals surface area contributed by atoms with Gasteiger partial charge in [-0.2, -0.15) is 0 Å². The molecule has 0 amide bonds. The maximum Gasteiger partial charge on any atom is 0.164 e. The lowest BCUT2D eigenvalue weighted by Gasteiger charge is -2.14. The Morgan fingerprint density at radius 2 is 1.94 bits per heavy atom. The standard InChI is InChI=1S/C13H13F2NOS/c1-7-3-4-8(11(15)10(7)14)12(16)13-9(17-2)5-6-18-13/h3-6,12H,16H2,1-2H3. The fourth-order valence-corrected chi connectivity index (χ4v) is 2.63. The van der Waals surface area contributed by atoms with Crippen LogP contribution in [0.25, 0.3) is 0 Å². The summed E-state index contributed by atoms with van der Waals surface area (Å²) in [6.07, 6.45) is 0. The third-order valence-corrected chi connectivity index (χ3v) is 3.78. The first-order valence-electron chi connectivity index (χ1n) is 5.37. The van der Waals surface area contributed by atoms with E-state index in [0.717, 1.165) is 0 Å². The molecule has 2 rings (SSSR count). The average Bonchev–Trinajstić information content (AvgIpc) is 2.83. The van der Waals surface area contributed by atoms with E-state index in [2.05, 4.69) is 0 Å². The van der Waals surface area contributed by atoms with Crippen LogP contribution < -0.4 is 10.5 Å². The maximum atomic E-state index is 13.8. The number of benzene rings is 1. The molecule has 0 radical (unpaired) electrons. The van der Waals surface area contributed by atoms with E-state index in [4.69, 9.17) is 10.5 Å². The van der Waals surface area contributed by atoms with E-state index in [1.165, 1.54) is 37.5 Å². The van der Waals surface area contributed by atoms with Crippen molar-refractivity contribution in [2.75, 3.05) is 7.11 Å². The van der Waals surface area contributed by atoms with Gasteiger partial charge in [-0.1, -0.05) is 12.1 Å². The molecule has 1 aromatic carbocycles. The van der Waals surface area contributed by atoms with Crippen molar-refractivity contribution >= 4 is 11.3 Å². The first-order valence-corrected chi connectivity index (χ1v) is 6.25. The van der Waals surface area contributed by atoms with Crippen LogP contribution in [0.3, 0.4) is 0 Å². The Labute approximate surface area is 108 Å². The summed E-state index contributed by atoms with van der Waals surface area (Å²) in [5.74, 6) is -1.15. The number of methoxy groups -OCH3 is 1. The molecule has 5 heteroatoms. The Kier molecular flexibility index (Phi) is 3.63. The molecule has 0 aliphatic carbocycles. The third kappa shape index (κ3) is 2.11. The van der Waals surface area contributed by atoms with Gasteiger partial charge in [0.2, 0.25) is 0 Å². The zero-order valence-electron chi connectivity index (χ0n) is 10.0. The Bertz CT molecular complexity index is 568. The second-order valence-corrected chi connectivity index (χ2v) is 4.88. The number of thiophene rings is 1. The van der Waals surface area contributed by atoms with Crippen LogP contribution in [0.4, 0.5) is 8.78 Å². The van der Waals surface area contributed by atoms with Gasteiger partial charge in [-0.05, 0) is 23.9 Å². The van der Waals surface area contributed by atoms with Crippen molar-refractivity contribution in [3.8, 4) is 5.75 Å². The lowest BCUT2D eigenvalue weighted by molar-refractivity contribution is 0.410. The summed E-state index contributed by atoms with van der Waals surface area (Å²) in [5, 5.41) is 1.80. The monoisotopic (exact) mass is 269 g/mol. The highest BCUT2D eigenvalue weighted by atomic mass is 32.1. The minimum atomic E-state index is -0.891. The Balaban J connectivity index is 2.46. The highest BCUT2D eigenvalue weighted by Crippen LogP contribution is 2.34. The molecule has 0 fully saturated rings. The third-order valence-electron chi connectivity index (χ3n) is 2.80. The molecule has 0 aliphatic rings. The predicted octanol–water partition coefficient (Wildman–Crippen LogP) is 3.39. The molecule has 0 bridgehead atoms. The highest BCUT2D eigenvalue weighted by Gasteiger charge is 2.21.